The van der Waals surface area contributed by atoms with Gasteiger partial charge in [-0.25, -0.2) is 18.0 Å². The van der Waals surface area contributed by atoms with Gasteiger partial charge in [0.2, 0.25) is 21.8 Å². The molecule has 2 amide bonds. The van der Waals surface area contributed by atoms with E-state index < -0.39 is 21.9 Å². The summed E-state index contributed by atoms with van der Waals surface area (Å²) in [6, 6.07) is 5.92. The number of sulfonamides is 1. The van der Waals surface area contributed by atoms with Crippen LogP contribution in [0.1, 0.15) is 39.0 Å². The van der Waals surface area contributed by atoms with Crippen molar-refractivity contribution in [2.75, 3.05) is 11.4 Å². The molecule has 150 valence electrons. The van der Waals surface area contributed by atoms with E-state index in [2.05, 4.69) is 4.72 Å². The molecule has 1 aromatic rings. The van der Waals surface area contributed by atoms with Crippen LogP contribution in [0.3, 0.4) is 0 Å². The van der Waals surface area contributed by atoms with Crippen LogP contribution in [0, 0.1) is 23.7 Å². The number of nitrogens with zero attached hydrogens (tertiary/aromatic N) is 1. The number of fused-ring (bicyclic) bond motifs is 2. The molecule has 4 aliphatic rings. The highest BCUT2D eigenvalue weighted by Gasteiger charge is 2.61. The highest BCUT2D eigenvalue weighted by molar-refractivity contribution is 7.89. The standard InChI is InChI=1S/C20H24N2O5S/c1-2-3-9-21-28(26,27)14-6-4-5-13(11-14)22-19(24)17-12-7-8-15(16(23)10-12)18(17)20(22)25/h4-6,11-12,15,17-18,21H,2-3,7-10H2,1H3/t12-,15+,17+,18-/m0/s1. The molecule has 3 saturated carbocycles. The van der Waals surface area contributed by atoms with Gasteiger partial charge < -0.3 is 0 Å². The van der Waals surface area contributed by atoms with Gasteiger partial charge in [0.05, 0.1) is 22.4 Å². The fourth-order valence-corrected chi connectivity index (χ4v) is 6.01. The first kappa shape index (κ1) is 19.3. The van der Waals surface area contributed by atoms with E-state index in [4.69, 9.17) is 0 Å². The maximum atomic E-state index is 13.0. The van der Waals surface area contributed by atoms with Crippen molar-refractivity contribution in [3.63, 3.8) is 0 Å². The third-order valence-electron chi connectivity index (χ3n) is 6.27. The summed E-state index contributed by atoms with van der Waals surface area (Å²) in [5.74, 6) is -2.08. The highest BCUT2D eigenvalue weighted by Crippen LogP contribution is 2.52. The second kappa shape index (κ2) is 7.08. The van der Waals surface area contributed by atoms with Crippen LogP contribution in [0.2, 0.25) is 0 Å². The SMILES string of the molecule is CCCCNS(=O)(=O)c1cccc(N2C(=O)[C@@H]3[C@H]4CC[C@H](C(=O)C4)[C@@H]3C2=O)c1. The summed E-state index contributed by atoms with van der Waals surface area (Å²) in [5.41, 5.74) is 0.259. The molecule has 0 aromatic heterocycles. The molecule has 1 aliphatic heterocycles. The predicted octanol–water partition coefficient (Wildman–Crippen LogP) is 1.87. The van der Waals surface area contributed by atoms with Gasteiger partial charge in [-0.15, -0.1) is 0 Å². The Morgan fingerprint density at radius 1 is 1.11 bits per heavy atom. The predicted molar refractivity (Wildman–Crippen MR) is 102 cm³/mol. The monoisotopic (exact) mass is 404 g/mol. The molecule has 0 radical (unpaired) electrons. The second-order valence-corrected chi connectivity index (χ2v) is 9.69. The number of amides is 2. The van der Waals surface area contributed by atoms with E-state index in [1.165, 1.54) is 18.2 Å². The molecule has 4 atom stereocenters. The van der Waals surface area contributed by atoms with Crippen LogP contribution < -0.4 is 9.62 Å². The summed E-state index contributed by atoms with van der Waals surface area (Å²) in [6.45, 7) is 2.30. The lowest BCUT2D eigenvalue weighted by atomic mass is 9.59. The van der Waals surface area contributed by atoms with E-state index in [1.54, 1.807) is 6.07 Å². The molecule has 0 unspecified atom stereocenters. The molecular formula is C20H24N2O5S. The average molecular weight is 404 g/mol. The quantitative estimate of drug-likeness (QED) is 0.576. The molecular weight excluding hydrogens is 380 g/mol. The maximum Gasteiger partial charge on any atom is 0.240 e. The Hall–Kier alpha value is -2.06. The third kappa shape index (κ3) is 2.99. The summed E-state index contributed by atoms with van der Waals surface area (Å²) < 4.78 is 27.5. The van der Waals surface area contributed by atoms with Crippen molar-refractivity contribution in [1.82, 2.24) is 4.72 Å². The van der Waals surface area contributed by atoms with Crippen molar-refractivity contribution in [2.45, 2.75) is 43.9 Å². The van der Waals surface area contributed by atoms with Crippen molar-refractivity contribution in [3.05, 3.63) is 24.3 Å². The maximum absolute atomic E-state index is 13.0. The normalized spacial score (nSPS) is 29.5. The van der Waals surface area contributed by atoms with Gasteiger partial charge in [0.15, 0.2) is 0 Å². The molecule has 3 aliphatic carbocycles. The van der Waals surface area contributed by atoms with E-state index in [-0.39, 0.29) is 40.0 Å². The van der Waals surface area contributed by atoms with Gasteiger partial charge in [0, 0.05) is 18.9 Å². The van der Waals surface area contributed by atoms with Crippen LogP contribution in [0.5, 0.6) is 0 Å². The number of rotatable bonds is 6. The van der Waals surface area contributed by atoms with E-state index in [9.17, 15) is 22.8 Å². The fraction of sp³-hybridized carbons (Fsp3) is 0.550. The van der Waals surface area contributed by atoms with Crippen molar-refractivity contribution in [2.24, 2.45) is 23.7 Å². The Balaban J connectivity index is 1.64. The number of benzene rings is 1. The van der Waals surface area contributed by atoms with Crippen molar-refractivity contribution >= 4 is 33.3 Å². The Kier molecular flexibility index (Phi) is 4.87. The number of imide groups is 1. The van der Waals surface area contributed by atoms with Crippen molar-refractivity contribution in [3.8, 4) is 0 Å². The number of ketones is 1. The number of hydrogen-bond acceptors (Lipinski definition) is 5. The van der Waals surface area contributed by atoms with Gasteiger partial charge >= 0.3 is 0 Å². The third-order valence-corrected chi connectivity index (χ3v) is 7.73. The summed E-state index contributed by atoms with van der Waals surface area (Å²) in [5, 5.41) is 0. The molecule has 28 heavy (non-hydrogen) atoms. The number of unbranched alkanes of at least 4 members (excludes halogenated alkanes) is 1. The van der Waals surface area contributed by atoms with Crippen molar-refractivity contribution in [1.29, 1.82) is 0 Å². The molecule has 1 aromatic carbocycles. The van der Waals surface area contributed by atoms with Gasteiger partial charge in [-0.3, -0.25) is 14.4 Å². The highest BCUT2D eigenvalue weighted by atomic mass is 32.2. The number of carbonyl (C=O) groups is 3. The molecule has 2 bridgehead atoms. The number of nitrogens with one attached hydrogen (secondary N) is 1. The lowest BCUT2D eigenvalue weighted by Gasteiger charge is -2.41. The molecule has 1 saturated heterocycles. The molecule has 4 fully saturated rings. The zero-order valence-electron chi connectivity index (χ0n) is 15.8. The van der Waals surface area contributed by atoms with E-state index in [1.807, 2.05) is 6.92 Å². The van der Waals surface area contributed by atoms with Gasteiger partial charge in [0.25, 0.3) is 0 Å². The summed E-state index contributed by atoms with van der Waals surface area (Å²) in [4.78, 5) is 39.5. The van der Waals surface area contributed by atoms with Crippen LogP contribution in [-0.2, 0) is 24.4 Å². The van der Waals surface area contributed by atoms with Gasteiger partial charge in [-0.05, 0) is 43.4 Å². The first-order valence-electron chi connectivity index (χ1n) is 9.85. The van der Waals surface area contributed by atoms with E-state index in [0.717, 1.165) is 24.2 Å². The zero-order chi connectivity index (χ0) is 20.1. The van der Waals surface area contributed by atoms with Crippen LogP contribution in [-0.4, -0.2) is 32.6 Å². The fourth-order valence-electron chi connectivity index (χ4n) is 4.89. The Labute approximate surface area is 164 Å². The number of hydrogen-bond donors (Lipinski definition) is 1. The van der Waals surface area contributed by atoms with E-state index >= 15 is 0 Å². The number of Topliss-reactive ketones (excluding diaryl/α,β-unsaturated/α-hetero) is 1. The van der Waals surface area contributed by atoms with Gasteiger partial charge in [-0.2, -0.15) is 0 Å². The molecule has 5 rings (SSSR count). The van der Waals surface area contributed by atoms with Crippen LogP contribution in [0.4, 0.5) is 5.69 Å². The van der Waals surface area contributed by atoms with Crippen LogP contribution >= 0.6 is 0 Å². The van der Waals surface area contributed by atoms with Gasteiger partial charge in [-0.1, -0.05) is 19.4 Å². The lowest BCUT2D eigenvalue weighted by molar-refractivity contribution is -0.143. The average Bonchev–Trinajstić information content (AvgIpc) is 2.95. The molecule has 8 heteroatoms. The smallest absolute Gasteiger partial charge is 0.240 e. The van der Waals surface area contributed by atoms with Crippen LogP contribution in [0.15, 0.2) is 29.2 Å². The topological polar surface area (TPSA) is 101 Å². The Morgan fingerprint density at radius 3 is 2.57 bits per heavy atom. The number of anilines is 1. The Morgan fingerprint density at radius 2 is 1.86 bits per heavy atom. The zero-order valence-corrected chi connectivity index (χ0v) is 16.6. The first-order valence-corrected chi connectivity index (χ1v) is 11.3. The minimum atomic E-state index is -3.72. The van der Waals surface area contributed by atoms with Crippen molar-refractivity contribution < 1.29 is 22.8 Å². The minimum Gasteiger partial charge on any atom is -0.299 e. The summed E-state index contributed by atoms with van der Waals surface area (Å²) >= 11 is 0. The van der Waals surface area contributed by atoms with Gasteiger partial charge in [0.1, 0.15) is 5.78 Å². The molecule has 7 nitrogen and oxygen atoms in total. The van der Waals surface area contributed by atoms with Crippen LogP contribution in [0.25, 0.3) is 0 Å². The first-order chi connectivity index (χ1) is 13.3. The molecule has 1 N–H and O–H groups in total. The number of carbonyl (C=O) groups excluding carboxylic acids is 3. The molecule has 0 spiro atoms. The second-order valence-electron chi connectivity index (χ2n) is 7.93. The molecule has 1 heterocycles. The largest absolute Gasteiger partial charge is 0.299 e. The minimum absolute atomic E-state index is 0.0237. The lowest BCUT2D eigenvalue weighted by Crippen LogP contribution is -2.46. The van der Waals surface area contributed by atoms with E-state index in [0.29, 0.717) is 19.4 Å². The summed E-state index contributed by atoms with van der Waals surface area (Å²) in [6.07, 6.45) is 3.41. The summed E-state index contributed by atoms with van der Waals surface area (Å²) in [7, 11) is -3.72. The Bertz CT molecular complexity index is 942.